The molecule has 1 atom stereocenters. The molecule has 118 valence electrons. The van der Waals surface area contributed by atoms with Gasteiger partial charge in [0.05, 0.1) is 25.2 Å². The van der Waals surface area contributed by atoms with Crippen molar-refractivity contribution in [1.82, 2.24) is 0 Å². The summed E-state index contributed by atoms with van der Waals surface area (Å²) in [6.07, 6.45) is 0.813. The van der Waals surface area contributed by atoms with Crippen LogP contribution in [0.3, 0.4) is 0 Å². The molecule has 4 nitrogen and oxygen atoms in total. The van der Waals surface area contributed by atoms with Gasteiger partial charge in [-0.1, -0.05) is 17.7 Å². The minimum absolute atomic E-state index is 0.0556. The quantitative estimate of drug-likeness (QED) is 0.785. The molecule has 0 fully saturated rings. The predicted octanol–water partition coefficient (Wildman–Crippen LogP) is 4.21. The van der Waals surface area contributed by atoms with Crippen LogP contribution in [0.5, 0.6) is 17.2 Å². The van der Waals surface area contributed by atoms with Crippen LogP contribution in [0.1, 0.15) is 34.9 Å². The zero-order valence-corrected chi connectivity index (χ0v) is 13.1. The Balaban J connectivity index is 1.66. The Bertz CT molecular complexity index is 772. The van der Waals surface area contributed by atoms with E-state index in [1.807, 2.05) is 18.2 Å². The highest BCUT2D eigenvalue weighted by molar-refractivity contribution is 6.30. The summed E-state index contributed by atoms with van der Waals surface area (Å²) in [6.45, 7) is 1.27. The van der Waals surface area contributed by atoms with Gasteiger partial charge in [0.1, 0.15) is 11.9 Å². The number of fused-ring (bicyclic) bond motifs is 2. The third-order valence-corrected chi connectivity index (χ3v) is 4.26. The number of ether oxygens (including phenoxy) is 3. The van der Waals surface area contributed by atoms with Crippen LogP contribution in [0.15, 0.2) is 36.4 Å². The summed E-state index contributed by atoms with van der Waals surface area (Å²) in [4.78, 5) is 12.3. The van der Waals surface area contributed by atoms with Gasteiger partial charge in [-0.3, -0.25) is 4.79 Å². The minimum Gasteiger partial charge on any atom is -0.490 e. The molecule has 2 heterocycles. The maximum absolute atomic E-state index is 12.3. The lowest BCUT2D eigenvalue weighted by Crippen LogP contribution is -2.20. The summed E-state index contributed by atoms with van der Waals surface area (Å²) in [6, 6.07) is 10.8. The van der Waals surface area contributed by atoms with E-state index in [4.69, 9.17) is 25.8 Å². The lowest BCUT2D eigenvalue weighted by atomic mass is 9.96. The molecule has 1 unspecified atom stereocenters. The highest BCUT2D eigenvalue weighted by Crippen LogP contribution is 2.39. The summed E-state index contributed by atoms with van der Waals surface area (Å²) in [7, 11) is 0. The van der Waals surface area contributed by atoms with Gasteiger partial charge in [-0.15, -0.1) is 0 Å². The molecule has 0 saturated carbocycles. The number of benzene rings is 2. The maximum atomic E-state index is 12.3. The Morgan fingerprint density at radius 1 is 0.957 bits per heavy atom. The van der Waals surface area contributed by atoms with Gasteiger partial charge in [-0.2, -0.15) is 0 Å². The van der Waals surface area contributed by atoms with Crippen LogP contribution >= 0.6 is 11.6 Å². The van der Waals surface area contributed by atoms with E-state index in [1.165, 1.54) is 0 Å². The number of carbonyl (C=O) groups excluding carboxylic acids is 1. The first-order valence-corrected chi connectivity index (χ1v) is 7.97. The fourth-order valence-corrected chi connectivity index (χ4v) is 3.03. The standard InChI is InChI=1S/C18H15ClO4/c19-12-3-4-13-14(20)10-16(23-17(13)9-12)11-2-5-15-18(8-11)22-7-1-6-21-15/h2-5,8-9,16H,1,6-7,10H2. The van der Waals surface area contributed by atoms with Crippen molar-refractivity contribution in [3.8, 4) is 17.2 Å². The van der Waals surface area contributed by atoms with Gasteiger partial charge in [-0.05, 0) is 35.9 Å². The van der Waals surface area contributed by atoms with E-state index in [1.54, 1.807) is 18.2 Å². The van der Waals surface area contributed by atoms with E-state index < -0.39 is 0 Å². The zero-order valence-electron chi connectivity index (χ0n) is 12.4. The van der Waals surface area contributed by atoms with Crippen molar-refractivity contribution in [1.29, 1.82) is 0 Å². The molecular formula is C18H15ClO4. The van der Waals surface area contributed by atoms with Crippen LogP contribution in [0.25, 0.3) is 0 Å². The Kier molecular flexibility index (Phi) is 3.62. The lowest BCUT2D eigenvalue weighted by molar-refractivity contribution is 0.0849. The van der Waals surface area contributed by atoms with Crippen LogP contribution in [-0.4, -0.2) is 19.0 Å². The Morgan fingerprint density at radius 2 is 1.78 bits per heavy atom. The molecule has 0 bridgehead atoms. The fraction of sp³-hybridized carbons (Fsp3) is 0.278. The van der Waals surface area contributed by atoms with Crippen LogP contribution in [0.4, 0.5) is 0 Å². The number of halogens is 1. The molecule has 2 aliphatic rings. The maximum Gasteiger partial charge on any atom is 0.170 e. The van der Waals surface area contributed by atoms with E-state index in [0.29, 0.717) is 41.7 Å². The topological polar surface area (TPSA) is 44.8 Å². The van der Waals surface area contributed by atoms with Crippen molar-refractivity contribution in [3.05, 3.63) is 52.5 Å². The number of Topliss-reactive ketones (excluding diaryl/α,β-unsaturated/α-hetero) is 1. The number of hydrogen-bond acceptors (Lipinski definition) is 4. The average Bonchev–Trinajstić information content (AvgIpc) is 2.78. The van der Waals surface area contributed by atoms with E-state index in [-0.39, 0.29) is 11.9 Å². The molecule has 0 N–H and O–H groups in total. The lowest BCUT2D eigenvalue weighted by Gasteiger charge is -2.26. The Hall–Kier alpha value is -2.20. The molecular weight excluding hydrogens is 316 g/mol. The molecule has 4 rings (SSSR count). The first-order valence-electron chi connectivity index (χ1n) is 7.60. The number of carbonyl (C=O) groups is 1. The fourth-order valence-electron chi connectivity index (χ4n) is 2.86. The van der Waals surface area contributed by atoms with Gasteiger partial charge in [0.2, 0.25) is 0 Å². The van der Waals surface area contributed by atoms with E-state index in [9.17, 15) is 4.79 Å². The van der Waals surface area contributed by atoms with Gasteiger partial charge in [0.15, 0.2) is 17.3 Å². The zero-order chi connectivity index (χ0) is 15.8. The summed E-state index contributed by atoms with van der Waals surface area (Å²) in [5.74, 6) is 2.02. The van der Waals surface area contributed by atoms with Gasteiger partial charge >= 0.3 is 0 Å². The van der Waals surface area contributed by atoms with Crippen molar-refractivity contribution >= 4 is 17.4 Å². The van der Waals surface area contributed by atoms with E-state index in [2.05, 4.69) is 0 Å². The van der Waals surface area contributed by atoms with Crippen LogP contribution in [0.2, 0.25) is 5.02 Å². The monoisotopic (exact) mass is 330 g/mol. The van der Waals surface area contributed by atoms with Crippen molar-refractivity contribution in [2.45, 2.75) is 18.9 Å². The molecule has 0 aromatic heterocycles. The average molecular weight is 331 g/mol. The molecule has 2 aromatic carbocycles. The molecule has 23 heavy (non-hydrogen) atoms. The molecule has 5 heteroatoms. The molecule has 0 radical (unpaired) electrons. The van der Waals surface area contributed by atoms with Gasteiger partial charge in [0, 0.05) is 11.4 Å². The molecule has 0 amide bonds. The molecule has 0 aliphatic carbocycles. The third kappa shape index (κ3) is 2.75. The highest BCUT2D eigenvalue weighted by atomic mass is 35.5. The van der Waals surface area contributed by atoms with Crippen molar-refractivity contribution in [3.63, 3.8) is 0 Å². The van der Waals surface area contributed by atoms with Gasteiger partial charge in [0.25, 0.3) is 0 Å². The molecule has 0 saturated heterocycles. The first-order chi connectivity index (χ1) is 11.2. The van der Waals surface area contributed by atoms with Gasteiger partial charge in [-0.25, -0.2) is 0 Å². The third-order valence-electron chi connectivity index (χ3n) is 4.03. The second-order valence-electron chi connectivity index (χ2n) is 5.63. The summed E-state index contributed by atoms with van der Waals surface area (Å²) in [5.41, 5.74) is 1.48. The van der Waals surface area contributed by atoms with Gasteiger partial charge < -0.3 is 14.2 Å². The second-order valence-corrected chi connectivity index (χ2v) is 6.07. The number of rotatable bonds is 1. The van der Waals surface area contributed by atoms with Crippen molar-refractivity contribution in [2.75, 3.05) is 13.2 Å². The van der Waals surface area contributed by atoms with Crippen LogP contribution < -0.4 is 14.2 Å². The van der Waals surface area contributed by atoms with Crippen LogP contribution in [0, 0.1) is 0 Å². The Labute approximate surface area is 138 Å². The van der Waals surface area contributed by atoms with Crippen molar-refractivity contribution < 1.29 is 19.0 Å². The molecule has 2 aliphatic heterocycles. The number of ketones is 1. The normalized spacial score (nSPS) is 19.5. The first kappa shape index (κ1) is 14.4. The second kappa shape index (κ2) is 5.78. The summed E-state index contributed by atoms with van der Waals surface area (Å²) in [5, 5.41) is 0.552. The highest BCUT2D eigenvalue weighted by Gasteiger charge is 2.28. The van der Waals surface area contributed by atoms with Crippen LogP contribution in [-0.2, 0) is 0 Å². The van der Waals surface area contributed by atoms with E-state index >= 15 is 0 Å². The number of hydrogen-bond donors (Lipinski definition) is 0. The SMILES string of the molecule is O=C1CC(c2ccc3c(c2)OCCCO3)Oc2cc(Cl)ccc21. The Morgan fingerprint density at radius 3 is 2.65 bits per heavy atom. The largest absolute Gasteiger partial charge is 0.490 e. The van der Waals surface area contributed by atoms with E-state index in [0.717, 1.165) is 17.7 Å². The predicted molar refractivity (Wildman–Crippen MR) is 85.8 cm³/mol. The van der Waals surface area contributed by atoms with Crippen molar-refractivity contribution in [2.24, 2.45) is 0 Å². The minimum atomic E-state index is -0.342. The smallest absolute Gasteiger partial charge is 0.170 e. The molecule has 0 spiro atoms. The summed E-state index contributed by atoms with van der Waals surface area (Å²) >= 11 is 6.00. The molecule has 2 aromatic rings. The summed E-state index contributed by atoms with van der Waals surface area (Å²) < 4.78 is 17.3.